The van der Waals surface area contributed by atoms with E-state index in [1.165, 1.54) is 16.6 Å². The third-order valence-electron chi connectivity index (χ3n) is 3.32. The first kappa shape index (κ1) is 23.4. The van der Waals surface area contributed by atoms with Crippen LogP contribution < -0.4 is 0 Å². The molecule has 0 heterocycles. The zero-order valence-electron chi connectivity index (χ0n) is 15.1. The molecule has 24 heavy (non-hydrogen) atoms. The topological polar surface area (TPSA) is 63.7 Å². The Morgan fingerprint density at radius 3 is 2.46 bits per heavy atom. The molecule has 0 radical (unpaired) electrons. The Morgan fingerprint density at radius 1 is 1.38 bits per heavy atom. The van der Waals surface area contributed by atoms with E-state index in [0.29, 0.717) is 24.2 Å². The summed E-state index contributed by atoms with van der Waals surface area (Å²) in [6.45, 7) is 12.1. The number of rotatable bonds is 12. The SMILES string of the molecule is C=CCC(CCBr)N(/C=C/C(=O)OCC)S(=O)(=O)CC[Si](C)(C)C. The number of carbonyl (C=O) groups is 1. The molecule has 1 atom stereocenters. The summed E-state index contributed by atoms with van der Waals surface area (Å²) in [5.74, 6) is -0.453. The molecule has 0 amide bonds. The van der Waals surface area contributed by atoms with Crippen LogP contribution in [0.25, 0.3) is 0 Å². The van der Waals surface area contributed by atoms with Gasteiger partial charge in [-0.25, -0.2) is 13.2 Å². The van der Waals surface area contributed by atoms with E-state index in [2.05, 4.69) is 42.1 Å². The van der Waals surface area contributed by atoms with E-state index in [-0.39, 0.29) is 18.4 Å². The highest BCUT2D eigenvalue weighted by Gasteiger charge is 2.28. The summed E-state index contributed by atoms with van der Waals surface area (Å²) in [6.07, 6.45) is 5.37. The molecular formula is C16H30BrNO4SSi. The van der Waals surface area contributed by atoms with Gasteiger partial charge in [0, 0.05) is 31.7 Å². The van der Waals surface area contributed by atoms with E-state index in [4.69, 9.17) is 4.74 Å². The number of alkyl halides is 1. The van der Waals surface area contributed by atoms with E-state index in [9.17, 15) is 13.2 Å². The number of esters is 1. The normalized spacial score (nSPS) is 13.7. The van der Waals surface area contributed by atoms with Crippen LogP contribution in [0.4, 0.5) is 0 Å². The van der Waals surface area contributed by atoms with Crippen LogP contribution in [0.3, 0.4) is 0 Å². The predicted molar refractivity (Wildman–Crippen MR) is 107 cm³/mol. The summed E-state index contributed by atoms with van der Waals surface area (Å²) in [6, 6.07) is 0.410. The molecular weight excluding hydrogens is 410 g/mol. The van der Waals surface area contributed by atoms with Gasteiger partial charge in [0.25, 0.3) is 0 Å². The Kier molecular flexibility index (Phi) is 10.8. The molecule has 0 aromatic heterocycles. The predicted octanol–water partition coefficient (Wildman–Crippen LogP) is 3.76. The summed E-state index contributed by atoms with van der Waals surface area (Å²) < 4.78 is 31.8. The maximum absolute atomic E-state index is 12.8. The van der Waals surface area contributed by atoms with E-state index in [0.717, 1.165) is 0 Å². The number of sulfonamides is 1. The highest BCUT2D eigenvalue weighted by Crippen LogP contribution is 2.20. The molecule has 0 N–H and O–H groups in total. The Hall–Kier alpha value is -0.603. The molecule has 0 aliphatic rings. The molecule has 0 spiro atoms. The molecule has 0 aromatic carbocycles. The summed E-state index contributed by atoms with van der Waals surface area (Å²) in [5, 5.41) is 0.665. The molecule has 0 aliphatic heterocycles. The van der Waals surface area contributed by atoms with Crippen molar-refractivity contribution in [2.24, 2.45) is 0 Å². The van der Waals surface area contributed by atoms with Crippen molar-refractivity contribution < 1.29 is 17.9 Å². The van der Waals surface area contributed by atoms with Gasteiger partial charge >= 0.3 is 5.97 Å². The van der Waals surface area contributed by atoms with E-state index in [1.54, 1.807) is 13.0 Å². The Balaban J connectivity index is 5.49. The second-order valence-electron chi connectivity index (χ2n) is 6.68. The first-order chi connectivity index (χ1) is 11.1. The Bertz CT molecular complexity index is 529. The number of carbonyl (C=O) groups excluding carboxylic acids is 1. The molecule has 5 nitrogen and oxygen atoms in total. The van der Waals surface area contributed by atoms with Gasteiger partial charge in [0.05, 0.1) is 12.4 Å². The number of halogens is 1. The van der Waals surface area contributed by atoms with Crippen LogP contribution in [0, 0.1) is 0 Å². The summed E-state index contributed by atoms with van der Waals surface area (Å²) >= 11 is 3.37. The van der Waals surface area contributed by atoms with Crippen molar-refractivity contribution in [1.29, 1.82) is 0 Å². The lowest BCUT2D eigenvalue weighted by atomic mass is 10.1. The van der Waals surface area contributed by atoms with Gasteiger partial charge in [-0.15, -0.1) is 6.58 Å². The van der Waals surface area contributed by atoms with Crippen molar-refractivity contribution in [1.82, 2.24) is 4.31 Å². The highest BCUT2D eigenvalue weighted by molar-refractivity contribution is 9.09. The van der Waals surface area contributed by atoms with Gasteiger partial charge in [-0.2, -0.15) is 0 Å². The van der Waals surface area contributed by atoms with Gasteiger partial charge in [-0.3, -0.25) is 4.31 Å². The minimum atomic E-state index is -3.50. The van der Waals surface area contributed by atoms with Crippen LogP contribution in [-0.4, -0.2) is 50.5 Å². The van der Waals surface area contributed by atoms with Gasteiger partial charge in [-0.1, -0.05) is 41.6 Å². The average Bonchev–Trinajstić information content (AvgIpc) is 2.45. The number of nitrogens with zero attached hydrogens (tertiary/aromatic N) is 1. The van der Waals surface area contributed by atoms with Gasteiger partial charge in [-0.05, 0) is 25.8 Å². The second kappa shape index (κ2) is 11.1. The van der Waals surface area contributed by atoms with Crippen molar-refractivity contribution >= 4 is 40.0 Å². The largest absolute Gasteiger partial charge is 0.463 e. The van der Waals surface area contributed by atoms with Gasteiger partial charge in [0.1, 0.15) is 0 Å². The lowest BCUT2D eigenvalue weighted by molar-refractivity contribution is -0.137. The third-order valence-corrected chi connectivity index (χ3v) is 7.67. The molecule has 0 fully saturated rings. The molecule has 0 aliphatic carbocycles. The Morgan fingerprint density at radius 2 is 2.00 bits per heavy atom. The molecule has 1 unspecified atom stereocenters. The fraction of sp³-hybridized carbons (Fsp3) is 0.688. The van der Waals surface area contributed by atoms with Crippen molar-refractivity contribution in [2.45, 2.75) is 51.5 Å². The molecule has 0 bridgehead atoms. The second-order valence-corrected chi connectivity index (χ2v) is 15.1. The first-order valence-corrected chi connectivity index (χ1v) is 14.5. The van der Waals surface area contributed by atoms with Crippen molar-refractivity contribution in [3.63, 3.8) is 0 Å². The molecule has 0 rings (SSSR count). The van der Waals surface area contributed by atoms with Crippen molar-refractivity contribution in [3.05, 3.63) is 24.9 Å². The van der Waals surface area contributed by atoms with Crippen LogP contribution in [0.5, 0.6) is 0 Å². The molecule has 0 saturated carbocycles. The number of hydrogen-bond acceptors (Lipinski definition) is 4. The molecule has 140 valence electrons. The van der Waals surface area contributed by atoms with E-state index in [1.807, 2.05) is 0 Å². The van der Waals surface area contributed by atoms with Crippen LogP contribution in [0.1, 0.15) is 19.8 Å². The van der Waals surface area contributed by atoms with Crippen molar-refractivity contribution in [3.8, 4) is 0 Å². The number of ether oxygens (including phenoxy) is 1. The number of hydrogen-bond donors (Lipinski definition) is 0. The Labute approximate surface area is 156 Å². The van der Waals surface area contributed by atoms with Gasteiger partial charge in [0.2, 0.25) is 10.0 Å². The quantitative estimate of drug-likeness (QED) is 0.152. The van der Waals surface area contributed by atoms with Crippen LogP contribution in [0.2, 0.25) is 25.7 Å². The van der Waals surface area contributed by atoms with Crippen molar-refractivity contribution in [2.75, 3.05) is 17.7 Å². The van der Waals surface area contributed by atoms with E-state index < -0.39 is 24.1 Å². The smallest absolute Gasteiger partial charge is 0.332 e. The summed E-state index contributed by atoms with van der Waals surface area (Å²) in [5.41, 5.74) is 0. The van der Waals surface area contributed by atoms with E-state index >= 15 is 0 Å². The fourth-order valence-corrected chi connectivity index (χ4v) is 7.09. The monoisotopic (exact) mass is 439 g/mol. The minimum absolute atomic E-state index is 0.0891. The lowest BCUT2D eigenvalue weighted by Gasteiger charge is -2.30. The zero-order valence-corrected chi connectivity index (χ0v) is 18.5. The first-order valence-electron chi connectivity index (χ1n) is 8.10. The molecule has 0 aromatic rings. The van der Waals surface area contributed by atoms with Crippen LogP contribution >= 0.6 is 15.9 Å². The standard InChI is InChI=1S/C16H30BrNO4SSi/c1-6-8-15(9-11-17)18(12-10-16(19)22-7-2)23(20,21)13-14-24(3,4)5/h6,10,12,15H,1,7-9,11,13-14H2,2-5H3/b12-10+. The van der Waals surface area contributed by atoms with Gasteiger partial charge in [0.15, 0.2) is 0 Å². The molecule has 8 heteroatoms. The van der Waals surface area contributed by atoms with Crippen LogP contribution in [0.15, 0.2) is 24.9 Å². The minimum Gasteiger partial charge on any atom is -0.463 e. The maximum Gasteiger partial charge on any atom is 0.332 e. The van der Waals surface area contributed by atoms with Gasteiger partial charge < -0.3 is 4.74 Å². The molecule has 0 saturated heterocycles. The third kappa shape index (κ3) is 9.63. The maximum atomic E-state index is 12.8. The zero-order chi connectivity index (χ0) is 18.8. The lowest BCUT2D eigenvalue weighted by Crippen LogP contribution is -2.39. The highest BCUT2D eigenvalue weighted by atomic mass is 79.9. The average molecular weight is 440 g/mol. The summed E-state index contributed by atoms with van der Waals surface area (Å²) in [4.78, 5) is 11.6. The summed E-state index contributed by atoms with van der Waals surface area (Å²) in [7, 11) is -5.00. The van der Waals surface area contributed by atoms with Crippen LogP contribution in [-0.2, 0) is 19.6 Å². The fourth-order valence-electron chi connectivity index (χ4n) is 1.97.